The fourth-order valence-electron chi connectivity index (χ4n) is 2.35. The Morgan fingerprint density at radius 1 is 0.515 bits per heavy atom. The molecule has 0 aromatic rings. The van der Waals surface area contributed by atoms with E-state index >= 15 is 0 Å². The van der Waals surface area contributed by atoms with Crippen LogP contribution in [0.5, 0.6) is 0 Å². The molecule has 0 saturated carbocycles. The molecular formula is C24H38O9. The predicted octanol–water partition coefficient (Wildman–Crippen LogP) is 3.45. The van der Waals surface area contributed by atoms with Crippen LogP contribution < -0.4 is 0 Å². The molecule has 0 N–H and O–H groups in total. The van der Waals surface area contributed by atoms with Crippen molar-refractivity contribution in [3.8, 4) is 0 Å². The summed E-state index contributed by atoms with van der Waals surface area (Å²) >= 11 is 0. The molecule has 9 heteroatoms. The zero-order chi connectivity index (χ0) is 24.9. The van der Waals surface area contributed by atoms with Gasteiger partial charge in [0.15, 0.2) is 0 Å². The van der Waals surface area contributed by atoms with Crippen molar-refractivity contribution < 1.29 is 42.9 Å². The molecule has 33 heavy (non-hydrogen) atoms. The number of hydrogen-bond donors (Lipinski definition) is 0. The maximum Gasteiger partial charge on any atom is 0.333 e. The van der Waals surface area contributed by atoms with Gasteiger partial charge in [-0.05, 0) is 52.4 Å². The second-order valence-electron chi connectivity index (χ2n) is 7.51. The Hall–Kier alpha value is -2.68. The van der Waals surface area contributed by atoms with Crippen LogP contribution in [0, 0.1) is 0 Å². The normalized spacial score (nSPS) is 10.2. The molecule has 0 saturated heterocycles. The molecule has 9 nitrogen and oxygen atoms in total. The first-order chi connectivity index (χ1) is 15.7. The largest absolute Gasteiger partial charge is 0.463 e. The molecule has 0 rings (SSSR count). The third-order valence-electron chi connectivity index (χ3n) is 4.20. The Kier molecular flexibility index (Phi) is 18.3. The van der Waals surface area contributed by atoms with Crippen molar-refractivity contribution in [2.24, 2.45) is 0 Å². The van der Waals surface area contributed by atoms with Gasteiger partial charge in [-0.25, -0.2) is 9.59 Å². The molecule has 0 amide bonds. The van der Waals surface area contributed by atoms with Gasteiger partial charge in [-0.2, -0.15) is 0 Å². The van der Waals surface area contributed by atoms with Gasteiger partial charge in [-0.15, -0.1) is 0 Å². The summed E-state index contributed by atoms with van der Waals surface area (Å²) in [6.45, 7) is 11.5. The van der Waals surface area contributed by atoms with E-state index in [0.29, 0.717) is 62.9 Å². The minimum absolute atomic E-state index is 0.138. The fourth-order valence-corrected chi connectivity index (χ4v) is 2.35. The molecule has 0 aromatic carbocycles. The van der Waals surface area contributed by atoms with Crippen molar-refractivity contribution in [2.75, 3.05) is 39.6 Å². The lowest BCUT2D eigenvalue weighted by atomic mass is 10.2. The van der Waals surface area contributed by atoms with Crippen molar-refractivity contribution in [1.29, 1.82) is 0 Å². The van der Waals surface area contributed by atoms with Crippen LogP contribution >= 0.6 is 0 Å². The molecule has 0 aliphatic carbocycles. The number of rotatable bonds is 20. The van der Waals surface area contributed by atoms with Gasteiger partial charge in [-0.1, -0.05) is 13.2 Å². The second kappa shape index (κ2) is 20.0. The van der Waals surface area contributed by atoms with Gasteiger partial charge in [0.2, 0.25) is 0 Å². The molecular weight excluding hydrogens is 432 g/mol. The van der Waals surface area contributed by atoms with E-state index in [1.807, 2.05) is 0 Å². The summed E-state index contributed by atoms with van der Waals surface area (Å²) in [6.07, 6.45) is 4.76. The van der Waals surface area contributed by atoms with Gasteiger partial charge in [-0.3, -0.25) is 9.59 Å². The first-order valence-corrected chi connectivity index (χ1v) is 11.3. The van der Waals surface area contributed by atoms with Gasteiger partial charge < -0.3 is 23.7 Å². The topological polar surface area (TPSA) is 114 Å². The third kappa shape index (κ3) is 19.7. The Bertz CT molecular complexity index is 586. The highest BCUT2D eigenvalue weighted by atomic mass is 16.6. The lowest BCUT2D eigenvalue weighted by Gasteiger charge is -2.08. The first kappa shape index (κ1) is 30.3. The van der Waals surface area contributed by atoms with Crippen LogP contribution in [0.2, 0.25) is 0 Å². The summed E-state index contributed by atoms with van der Waals surface area (Å²) in [7, 11) is 0. The highest BCUT2D eigenvalue weighted by molar-refractivity contribution is 5.87. The van der Waals surface area contributed by atoms with E-state index in [9.17, 15) is 19.2 Å². The fraction of sp³-hybridized carbons (Fsp3) is 0.667. The first-order valence-electron chi connectivity index (χ1n) is 11.3. The summed E-state index contributed by atoms with van der Waals surface area (Å²) < 4.78 is 25.3. The minimum atomic E-state index is -0.403. The Labute approximate surface area is 196 Å². The lowest BCUT2D eigenvalue weighted by Crippen LogP contribution is -2.14. The predicted molar refractivity (Wildman–Crippen MR) is 121 cm³/mol. The van der Waals surface area contributed by atoms with Crippen LogP contribution in [-0.4, -0.2) is 63.5 Å². The highest BCUT2D eigenvalue weighted by Crippen LogP contribution is 2.04. The van der Waals surface area contributed by atoms with Gasteiger partial charge in [0.05, 0.1) is 26.4 Å². The van der Waals surface area contributed by atoms with E-state index < -0.39 is 11.9 Å². The summed E-state index contributed by atoms with van der Waals surface area (Å²) in [5.74, 6) is -1.42. The second-order valence-corrected chi connectivity index (χ2v) is 7.51. The van der Waals surface area contributed by atoms with E-state index in [2.05, 4.69) is 13.2 Å². The average Bonchev–Trinajstić information content (AvgIpc) is 2.77. The number of hydrogen-bond acceptors (Lipinski definition) is 9. The van der Waals surface area contributed by atoms with Gasteiger partial charge in [0.25, 0.3) is 0 Å². The van der Waals surface area contributed by atoms with Crippen molar-refractivity contribution >= 4 is 23.9 Å². The lowest BCUT2D eigenvalue weighted by molar-refractivity contribution is -0.147. The average molecular weight is 471 g/mol. The number of carbonyl (C=O) groups is 4. The van der Waals surface area contributed by atoms with E-state index in [4.69, 9.17) is 23.7 Å². The van der Waals surface area contributed by atoms with E-state index in [1.54, 1.807) is 13.8 Å². The summed E-state index contributed by atoms with van der Waals surface area (Å²) in [5, 5.41) is 0. The highest BCUT2D eigenvalue weighted by Gasteiger charge is 2.06. The molecule has 0 spiro atoms. The molecule has 0 bridgehead atoms. The van der Waals surface area contributed by atoms with Crippen molar-refractivity contribution in [3.63, 3.8) is 0 Å². The van der Waals surface area contributed by atoms with Crippen LogP contribution in [-0.2, 0) is 42.9 Å². The molecule has 0 radical (unpaired) electrons. The Morgan fingerprint density at radius 2 is 0.909 bits per heavy atom. The smallest absolute Gasteiger partial charge is 0.333 e. The number of ether oxygens (including phenoxy) is 5. The van der Waals surface area contributed by atoms with Crippen molar-refractivity contribution in [3.05, 3.63) is 24.3 Å². The third-order valence-corrected chi connectivity index (χ3v) is 4.20. The van der Waals surface area contributed by atoms with Crippen LogP contribution in [0.1, 0.15) is 65.2 Å². The maximum atomic E-state index is 11.6. The van der Waals surface area contributed by atoms with Gasteiger partial charge in [0.1, 0.15) is 13.2 Å². The molecule has 0 fully saturated rings. The zero-order valence-electron chi connectivity index (χ0n) is 20.0. The molecule has 0 aliphatic rings. The van der Waals surface area contributed by atoms with Gasteiger partial charge >= 0.3 is 23.9 Å². The van der Waals surface area contributed by atoms with Crippen LogP contribution in [0.4, 0.5) is 0 Å². The van der Waals surface area contributed by atoms with Crippen molar-refractivity contribution in [2.45, 2.75) is 65.2 Å². The zero-order valence-corrected chi connectivity index (χ0v) is 20.0. The summed E-state index contributed by atoms with van der Waals surface area (Å²) in [6, 6.07) is 0. The molecule has 0 atom stereocenters. The quantitative estimate of drug-likeness (QED) is 0.114. The van der Waals surface area contributed by atoms with Crippen molar-refractivity contribution in [1.82, 2.24) is 0 Å². The summed E-state index contributed by atoms with van der Waals surface area (Å²) in [4.78, 5) is 45.6. The number of carbonyl (C=O) groups excluding carboxylic acids is 4. The number of unbranched alkanes of at least 4 members (excludes halogenated alkanes) is 4. The molecule has 0 heterocycles. The van der Waals surface area contributed by atoms with Gasteiger partial charge in [0, 0.05) is 24.0 Å². The number of esters is 4. The molecule has 0 aromatic heterocycles. The summed E-state index contributed by atoms with van der Waals surface area (Å²) in [5.41, 5.74) is 0.734. The van der Waals surface area contributed by atoms with Crippen LogP contribution in [0.15, 0.2) is 24.3 Å². The minimum Gasteiger partial charge on any atom is -0.463 e. The standard InChI is InChI=1S/C24H38O9/c1-19(2)23(27)32-13-9-5-7-11-21(25)30-17-15-29-16-18-31-22(26)12-8-6-10-14-33-24(28)20(3)4/h1,3,5-18H2,2,4H3. The van der Waals surface area contributed by atoms with E-state index in [-0.39, 0.29) is 38.4 Å². The SMILES string of the molecule is C=C(C)C(=O)OCCCCCC(=O)OCCOCCOC(=O)CCCCCOC(=O)C(=C)C. The monoisotopic (exact) mass is 470 g/mol. The van der Waals surface area contributed by atoms with E-state index in [1.165, 1.54) is 0 Å². The van der Waals surface area contributed by atoms with Crippen LogP contribution in [0.25, 0.3) is 0 Å². The maximum absolute atomic E-state index is 11.6. The van der Waals surface area contributed by atoms with E-state index in [0.717, 1.165) is 12.8 Å². The van der Waals surface area contributed by atoms with Crippen LogP contribution in [0.3, 0.4) is 0 Å². The molecule has 188 valence electrons. The molecule has 0 unspecified atom stereocenters. The Balaban J connectivity index is 3.41. The molecule has 0 aliphatic heterocycles. The Morgan fingerprint density at radius 3 is 1.27 bits per heavy atom.